The zero-order chi connectivity index (χ0) is 11.6. The van der Waals surface area contributed by atoms with Crippen LogP contribution in [0.5, 0.6) is 0 Å². The maximum absolute atomic E-state index is 12.0. The van der Waals surface area contributed by atoms with E-state index in [0.717, 1.165) is 19.5 Å². The number of amides is 1. The molecule has 0 aromatic rings. The van der Waals surface area contributed by atoms with Gasteiger partial charge < -0.3 is 4.90 Å². The van der Waals surface area contributed by atoms with Gasteiger partial charge in [-0.2, -0.15) is 0 Å². The van der Waals surface area contributed by atoms with Gasteiger partial charge in [0.2, 0.25) is 5.91 Å². The number of carbonyl (C=O) groups excluding carboxylic acids is 1. The first-order valence-corrected chi connectivity index (χ1v) is 7.51. The zero-order valence-corrected chi connectivity index (χ0v) is 11.8. The SMILES string of the molecule is CCC(Br)C(=O)N1CCC2(CCCC2)CC1. The Morgan fingerprint density at radius 2 is 1.81 bits per heavy atom. The summed E-state index contributed by atoms with van der Waals surface area (Å²) in [5.41, 5.74) is 0.616. The highest BCUT2D eigenvalue weighted by Gasteiger charge is 2.38. The number of alkyl halides is 1. The first-order valence-electron chi connectivity index (χ1n) is 6.60. The standard InChI is InChI=1S/C13H22BrNO/c1-2-11(14)12(16)15-9-7-13(8-10-15)5-3-4-6-13/h11H,2-10H2,1H3. The zero-order valence-electron chi connectivity index (χ0n) is 10.2. The van der Waals surface area contributed by atoms with Gasteiger partial charge >= 0.3 is 0 Å². The lowest BCUT2D eigenvalue weighted by atomic mass is 9.77. The Morgan fingerprint density at radius 3 is 2.31 bits per heavy atom. The van der Waals surface area contributed by atoms with E-state index in [4.69, 9.17) is 0 Å². The molecule has 1 aliphatic carbocycles. The van der Waals surface area contributed by atoms with Gasteiger partial charge in [0, 0.05) is 13.1 Å². The number of hydrogen-bond donors (Lipinski definition) is 0. The molecule has 1 unspecified atom stereocenters. The average molecular weight is 288 g/mol. The normalized spacial score (nSPS) is 26.0. The largest absolute Gasteiger partial charge is 0.342 e. The van der Waals surface area contributed by atoms with Gasteiger partial charge in [-0.15, -0.1) is 0 Å². The van der Waals surface area contributed by atoms with Gasteiger partial charge in [0.1, 0.15) is 0 Å². The van der Waals surface area contributed by atoms with Crippen molar-refractivity contribution in [2.24, 2.45) is 5.41 Å². The number of rotatable bonds is 2. The van der Waals surface area contributed by atoms with Crippen LogP contribution < -0.4 is 0 Å². The van der Waals surface area contributed by atoms with Gasteiger partial charge in [-0.25, -0.2) is 0 Å². The van der Waals surface area contributed by atoms with Crippen molar-refractivity contribution in [2.45, 2.75) is 56.7 Å². The van der Waals surface area contributed by atoms with E-state index in [2.05, 4.69) is 27.8 Å². The van der Waals surface area contributed by atoms with Gasteiger partial charge in [-0.3, -0.25) is 4.79 Å². The lowest BCUT2D eigenvalue weighted by Gasteiger charge is -2.40. The molecule has 1 saturated carbocycles. The summed E-state index contributed by atoms with van der Waals surface area (Å²) in [6.07, 6.45) is 8.99. The average Bonchev–Trinajstić information content (AvgIpc) is 2.77. The Bertz CT molecular complexity index is 251. The molecule has 92 valence electrons. The Morgan fingerprint density at radius 1 is 1.25 bits per heavy atom. The molecule has 0 aromatic heterocycles. The van der Waals surface area contributed by atoms with Gasteiger partial charge in [0.05, 0.1) is 4.83 Å². The van der Waals surface area contributed by atoms with Crippen molar-refractivity contribution < 1.29 is 4.79 Å². The van der Waals surface area contributed by atoms with Crippen molar-refractivity contribution in [3.8, 4) is 0 Å². The molecule has 3 heteroatoms. The van der Waals surface area contributed by atoms with Crippen molar-refractivity contribution in [3.05, 3.63) is 0 Å². The van der Waals surface area contributed by atoms with Crippen LogP contribution in [0, 0.1) is 5.41 Å². The summed E-state index contributed by atoms with van der Waals surface area (Å²) in [5, 5.41) is 0. The molecule has 1 saturated heterocycles. The van der Waals surface area contributed by atoms with E-state index < -0.39 is 0 Å². The fourth-order valence-corrected chi connectivity index (χ4v) is 3.49. The molecule has 0 radical (unpaired) electrons. The molecule has 0 aromatic carbocycles. The second kappa shape index (κ2) is 5.07. The van der Waals surface area contributed by atoms with Crippen LogP contribution in [0.1, 0.15) is 51.9 Å². The summed E-state index contributed by atoms with van der Waals surface area (Å²) < 4.78 is 0. The molecule has 2 rings (SSSR count). The lowest BCUT2D eigenvalue weighted by molar-refractivity contribution is -0.132. The highest BCUT2D eigenvalue weighted by atomic mass is 79.9. The first-order chi connectivity index (χ1) is 7.67. The maximum atomic E-state index is 12.0. The second-order valence-electron chi connectivity index (χ2n) is 5.41. The van der Waals surface area contributed by atoms with Gasteiger partial charge in [0.15, 0.2) is 0 Å². The molecule has 0 N–H and O–H groups in total. The van der Waals surface area contributed by atoms with E-state index in [1.165, 1.54) is 38.5 Å². The van der Waals surface area contributed by atoms with Crippen molar-refractivity contribution in [1.82, 2.24) is 4.90 Å². The Labute approximate surface area is 107 Å². The Hall–Kier alpha value is -0.0500. The summed E-state index contributed by atoms with van der Waals surface area (Å²) in [4.78, 5) is 14.1. The summed E-state index contributed by atoms with van der Waals surface area (Å²) in [5.74, 6) is 0.301. The van der Waals surface area contributed by atoms with Gasteiger partial charge in [0.25, 0.3) is 0 Å². The third-order valence-electron chi connectivity index (χ3n) is 4.43. The Kier molecular flexibility index (Phi) is 3.93. The molecular formula is C13H22BrNO. The van der Waals surface area contributed by atoms with Crippen molar-refractivity contribution in [2.75, 3.05) is 13.1 Å². The molecule has 2 nitrogen and oxygen atoms in total. The van der Waals surface area contributed by atoms with Gasteiger partial charge in [-0.05, 0) is 37.5 Å². The van der Waals surface area contributed by atoms with Crippen LogP contribution >= 0.6 is 15.9 Å². The van der Waals surface area contributed by atoms with Crippen LogP contribution in [-0.4, -0.2) is 28.7 Å². The number of carbonyl (C=O) groups is 1. The van der Waals surface area contributed by atoms with E-state index in [-0.39, 0.29) is 4.83 Å². The smallest absolute Gasteiger partial charge is 0.236 e. The number of likely N-dealkylation sites (tertiary alicyclic amines) is 1. The minimum Gasteiger partial charge on any atom is -0.342 e. The third kappa shape index (κ3) is 2.44. The molecule has 2 fully saturated rings. The molecule has 1 amide bonds. The predicted octanol–water partition coefficient (Wildman–Crippen LogP) is 3.34. The fourth-order valence-electron chi connectivity index (χ4n) is 3.20. The van der Waals surface area contributed by atoms with Crippen LogP contribution in [0.2, 0.25) is 0 Å². The molecule has 2 aliphatic rings. The molecule has 16 heavy (non-hydrogen) atoms. The minimum absolute atomic E-state index is 0.0325. The van der Waals surface area contributed by atoms with Gasteiger partial charge in [-0.1, -0.05) is 35.7 Å². The maximum Gasteiger partial charge on any atom is 0.236 e. The molecule has 0 bridgehead atoms. The van der Waals surface area contributed by atoms with Crippen LogP contribution in [0.15, 0.2) is 0 Å². The predicted molar refractivity (Wildman–Crippen MR) is 69.7 cm³/mol. The second-order valence-corrected chi connectivity index (χ2v) is 6.51. The molecule has 1 aliphatic heterocycles. The monoisotopic (exact) mass is 287 g/mol. The molecule has 1 spiro atoms. The van der Waals surface area contributed by atoms with E-state index in [9.17, 15) is 4.79 Å². The summed E-state index contributed by atoms with van der Waals surface area (Å²) in [6.45, 7) is 4.03. The number of halogens is 1. The topological polar surface area (TPSA) is 20.3 Å². The first kappa shape index (κ1) is 12.4. The highest BCUT2D eigenvalue weighted by molar-refractivity contribution is 9.10. The highest BCUT2D eigenvalue weighted by Crippen LogP contribution is 2.46. The summed E-state index contributed by atoms with van der Waals surface area (Å²) in [6, 6.07) is 0. The number of nitrogens with zero attached hydrogens (tertiary/aromatic N) is 1. The third-order valence-corrected chi connectivity index (χ3v) is 5.47. The number of hydrogen-bond acceptors (Lipinski definition) is 1. The molecule has 1 atom stereocenters. The van der Waals surface area contributed by atoms with Crippen LogP contribution in [0.3, 0.4) is 0 Å². The minimum atomic E-state index is 0.0325. The van der Waals surface area contributed by atoms with Crippen LogP contribution in [0.4, 0.5) is 0 Å². The van der Waals surface area contributed by atoms with Crippen molar-refractivity contribution in [3.63, 3.8) is 0 Å². The van der Waals surface area contributed by atoms with Crippen molar-refractivity contribution in [1.29, 1.82) is 0 Å². The number of piperidine rings is 1. The molecular weight excluding hydrogens is 266 g/mol. The Balaban J connectivity index is 1.87. The lowest BCUT2D eigenvalue weighted by Crippen LogP contribution is -2.44. The fraction of sp³-hybridized carbons (Fsp3) is 0.923. The summed E-state index contributed by atoms with van der Waals surface area (Å²) >= 11 is 3.46. The quantitative estimate of drug-likeness (QED) is 0.714. The van der Waals surface area contributed by atoms with E-state index >= 15 is 0 Å². The molecule has 1 heterocycles. The van der Waals surface area contributed by atoms with E-state index in [0.29, 0.717) is 11.3 Å². The van der Waals surface area contributed by atoms with E-state index in [1.54, 1.807) is 0 Å². The van der Waals surface area contributed by atoms with Crippen molar-refractivity contribution >= 4 is 21.8 Å². The van der Waals surface area contributed by atoms with Crippen LogP contribution in [-0.2, 0) is 4.79 Å². The van der Waals surface area contributed by atoms with E-state index in [1.807, 2.05) is 0 Å². The summed E-state index contributed by atoms with van der Waals surface area (Å²) in [7, 11) is 0. The van der Waals surface area contributed by atoms with Crippen LogP contribution in [0.25, 0.3) is 0 Å².